The van der Waals surface area contributed by atoms with E-state index in [0.29, 0.717) is 17.3 Å². The van der Waals surface area contributed by atoms with Crippen molar-refractivity contribution in [3.8, 4) is 0 Å². The maximum absolute atomic E-state index is 14.4. The van der Waals surface area contributed by atoms with Gasteiger partial charge in [-0.15, -0.1) is 0 Å². The molecule has 1 atom stereocenters. The number of carbonyl (C=O) groups is 2. The molecule has 0 heterocycles. The van der Waals surface area contributed by atoms with Gasteiger partial charge >= 0.3 is 0 Å². The average molecular weight is 618 g/mol. The third-order valence-electron chi connectivity index (χ3n) is 7.19. The van der Waals surface area contributed by atoms with E-state index in [-0.39, 0.29) is 23.8 Å². The van der Waals surface area contributed by atoms with E-state index in [9.17, 15) is 18.0 Å². The fourth-order valence-corrected chi connectivity index (χ4v) is 6.39. The molecule has 43 heavy (non-hydrogen) atoms. The number of hydrogen-bond donors (Lipinski definition) is 1. The highest BCUT2D eigenvalue weighted by Gasteiger charge is 2.34. The number of halogens is 1. The van der Waals surface area contributed by atoms with Crippen LogP contribution in [0, 0.1) is 13.8 Å². The quantitative estimate of drug-likeness (QED) is 0.214. The molecule has 2 amide bonds. The van der Waals surface area contributed by atoms with Crippen molar-refractivity contribution in [2.45, 2.75) is 44.7 Å². The summed E-state index contributed by atoms with van der Waals surface area (Å²) in [6.45, 7) is 5.63. The summed E-state index contributed by atoms with van der Waals surface area (Å²) in [4.78, 5) is 29.5. The summed E-state index contributed by atoms with van der Waals surface area (Å²) >= 11 is 6.04. The molecule has 0 aliphatic carbocycles. The molecular formula is C34H36ClN3O4S. The fraction of sp³-hybridized carbons (Fsp3) is 0.235. The van der Waals surface area contributed by atoms with E-state index in [2.05, 4.69) is 5.32 Å². The van der Waals surface area contributed by atoms with E-state index >= 15 is 0 Å². The second-order valence-corrected chi connectivity index (χ2v) is 12.7. The molecule has 0 aliphatic heterocycles. The maximum Gasteiger partial charge on any atom is 0.264 e. The first-order chi connectivity index (χ1) is 20.6. The lowest BCUT2D eigenvalue weighted by Gasteiger charge is -2.34. The Morgan fingerprint density at radius 1 is 0.860 bits per heavy atom. The van der Waals surface area contributed by atoms with Crippen LogP contribution in [-0.4, -0.2) is 44.3 Å². The number of benzene rings is 4. The number of rotatable bonds is 12. The standard InChI is InChI=1S/C34H36ClN3O4S/c1-4-36-34(40)32(22-27-13-6-5-7-14-27)37(23-28-15-9-8-12-26(28)3)33(39)24-38(30-16-10-11-25(2)21-30)43(41,42)31-19-17-29(35)18-20-31/h5-21,32H,4,22-24H2,1-3H3,(H,36,40). The number of sulfonamides is 1. The summed E-state index contributed by atoms with van der Waals surface area (Å²) < 4.78 is 29.2. The van der Waals surface area contributed by atoms with Crippen LogP contribution in [0.3, 0.4) is 0 Å². The Balaban J connectivity index is 1.80. The fourth-order valence-electron chi connectivity index (χ4n) is 4.86. The molecule has 0 saturated carbocycles. The van der Waals surface area contributed by atoms with E-state index in [0.717, 1.165) is 26.6 Å². The molecular weight excluding hydrogens is 582 g/mol. The Morgan fingerprint density at radius 2 is 1.53 bits per heavy atom. The molecule has 224 valence electrons. The number of hydrogen-bond acceptors (Lipinski definition) is 4. The summed E-state index contributed by atoms with van der Waals surface area (Å²) in [5, 5.41) is 3.27. The summed E-state index contributed by atoms with van der Waals surface area (Å²) in [7, 11) is -4.19. The summed E-state index contributed by atoms with van der Waals surface area (Å²) in [5.74, 6) is -0.814. The third-order valence-corrected chi connectivity index (χ3v) is 9.23. The second kappa shape index (κ2) is 14.4. The lowest BCUT2D eigenvalue weighted by molar-refractivity contribution is -0.140. The average Bonchev–Trinajstić information content (AvgIpc) is 2.99. The van der Waals surface area contributed by atoms with Crippen LogP contribution in [0.15, 0.2) is 108 Å². The van der Waals surface area contributed by atoms with Crippen molar-refractivity contribution in [1.82, 2.24) is 10.2 Å². The lowest BCUT2D eigenvalue weighted by Crippen LogP contribution is -2.53. The number of carbonyl (C=O) groups excluding carboxylic acids is 2. The monoisotopic (exact) mass is 617 g/mol. The summed E-state index contributed by atoms with van der Waals surface area (Å²) in [6.07, 6.45) is 0.263. The van der Waals surface area contributed by atoms with Crippen molar-refractivity contribution < 1.29 is 18.0 Å². The normalized spacial score (nSPS) is 11.9. The minimum Gasteiger partial charge on any atom is -0.355 e. The van der Waals surface area contributed by atoms with E-state index < -0.39 is 28.5 Å². The number of nitrogens with one attached hydrogen (secondary N) is 1. The zero-order valence-corrected chi connectivity index (χ0v) is 26.1. The van der Waals surface area contributed by atoms with Gasteiger partial charge in [0.15, 0.2) is 0 Å². The van der Waals surface area contributed by atoms with Gasteiger partial charge in [0.1, 0.15) is 12.6 Å². The highest BCUT2D eigenvalue weighted by molar-refractivity contribution is 7.92. The largest absolute Gasteiger partial charge is 0.355 e. The third kappa shape index (κ3) is 8.03. The molecule has 0 aromatic heterocycles. The van der Waals surface area contributed by atoms with Gasteiger partial charge in [0.25, 0.3) is 10.0 Å². The van der Waals surface area contributed by atoms with Crippen LogP contribution in [0.4, 0.5) is 5.69 Å². The Morgan fingerprint density at radius 3 is 2.19 bits per heavy atom. The van der Waals surface area contributed by atoms with Crippen molar-refractivity contribution in [1.29, 1.82) is 0 Å². The molecule has 4 aromatic carbocycles. The maximum atomic E-state index is 14.4. The van der Waals surface area contributed by atoms with Gasteiger partial charge in [0.05, 0.1) is 10.6 Å². The van der Waals surface area contributed by atoms with Gasteiger partial charge < -0.3 is 10.2 Å². The van der Waals surface area contributed by atoms with Crippen molar-refractivity contribution in [2.75, 3.05) is 17.4 Å². The molecule has 0 radical (unpaired) electrons. The molecule has 1 N–H and O–H groups in total. The second-order valence-electron chi connectivity index (χ2n) is 10.4. The zero-order valence-electron chi connectivity index (χ0n) is 24.5. The van der Waals surface area contributed by atoms with Gasteiger partial charge in [-0.1, -0.05) is 78.3 Å². The van der Waals surface area contributed by atoms with Crippen LogP contribution >= 0.6 is 11.6 Å². The van der Waals surface area contributed by atoms with Gasteiger partial charge in [-0.05, 0) is 79.4 Å². The molecule has 0 aliphatic rings. The number of amides is 2. The van der Waals surface area contributed by atoms with Crippen molar-refractivity contribution in [2.24, 2.45) is 0 Å². The Labute approximate surface area is 259 Å². The number of aryl methyl sites for hydroxylation is 2. The highest BCUT2D eigenvalue weighted by Crippen LogP contribution is 2.27. The van der Waals surface area contributed by atoms with E-state index in [4.69, 9.17) is 11.6 Å². The Hall–Kier alpha value is -4.14. The molecule has 0 bridgehead atoms. The van der Waals surface area contributed by atoms with Gasteiger partial charge in [-0.2, -0.15) is 0 Å². The van der Waals surface area contributed by atoms with E-state index in [1.54, 1.807) is 18.2 Å². The molecule has 4 rings (SSSR count). The van der Waals surface area contributed by atoms with Crippen LogP contribution in [0.1, 0.15) is 29.2 Å². The molecule has 7 nitrogen and oxygen atoms in total. The van der Waals surface area contributed by atoms with Crippen LogP contribution in [0.5, 0.6) is 0 Å². The molecule has 0 fully saturated rings. The van der Waals surface area contributed by atoms with E-state index in [1.807, 2.05) is 81.4 Å². The van der Waals surface area contributed by atoms with Crippen LogP contribution in [-0.2, 0) is 32.6 Å². The minimum absolute atomic E-state index is 0.00113. The minimum atomic E-state index is -4.19. The lowest BCUT2D eigenvalue weighted by atomic mass is 10.0. The predicted molar refractivity (Wildman–Crippen MR) is 172 cm³/mol. The van der Waals surface area contributed by atoms with Crippen molar-refractivity contribution in [3.63, 3.8) is 0 Å². The summed E-state index contributed by atoms with van der Waals surface area (Å²) in [6, 6.07) is 29.1. The number of nitrogens with zero attached hydrogens (tertiary/aromatic N) is 2. The van der Waals surface area contributed by atoms with Crippen LogP contribution in [0.25, 0.3) is 0 Å². The molecule has 0 saturated heterocycles. The van der Waals surface area contributed by atoms with E-state index in [1.165, 1.54) is 29.2 Å². The SMILES string of the molecule is CCNC(=O)C(Cc1ccccc1)N(Cc1ccccc1C)C(=O)CN(c1cccc(C)c1)S(=O)(=O)c1ccc(Cl)cc1. The van der Waals surface area contributed by atoms with Crippen LogP contribution in [0.2, 0.25) is 5.02 Å². The molecule has 9 heteroatoms. The van der Waals surface area contributed by atoms with Crippen LogP contribution < -0.4 is 9.62 Å². The van der Waals surface area contributed by atoms with Gasteiger partial charge in [-0.3, -0.25) is 13.9 Å². The van der Waals surface area contributed by atoms with Crippen molar-refractivity contribution in [3.05, 3.63) is 130 Å². The summed E-state index contributed by atoms with van der Waals surface area (Å²) in [5.41, 5.74) is 3.88. The first kappa shape index (κ1) is 31.8. The van der Waals surface area contributed by atoms with Gasteiger partial charge in [0, 0.05) is 24.5 Å². The van der Waals surface area contributed by atoms with Crippen molar-refractivity contribution >= 4 is 39.1 Å². The number of anilines is 1. The first-order valence-corrected chi connectivity index (χ1v) is 15.9. The Bertz CT molecular complexity index is 1660. The predicted octanol–water partition coefficient (Wildman–Crippen LogP) is 5.93. The zero-order chi connectivity index (χ0) is 31.0. The topological polar surface area (TPSA) is 86.8 Å². The molecule has 4 aromatic rings. The Kier molecular flexibility index (Phi) is 10.6. The highest BCUT2D eigenvalue weighted by atomic mass is 35.5. The molecule has 1 unspecified atom stereocenters. The van der Waals surface area contributed by atoms with Gasteiger partial charge in [-0.25, -0.2) is 8.42 Å². The number of likely N-dealkylation sites (N-methyl/N-ethyl adjacent to an activating group) is 1. The van der Waals surface area contributed by atoms with Gasteiger partial charge in [0.2, 0.25) is 11.8 Å². The molecule has 0 spiro atoms. The smallest absolute Gasteiger partial charge is 0.264 e. The first-order valence-electron chi connectivity index (χ1n) is 14.1.